The van der Waals surface area contributed by atoms with Crippen LogP contribution in [0.15, 0.2) is 27.7 Å². The molecule has 29 heavy (non-hydrogen) atoms. The van der Waals surface area contributed by atoms with E-state index >= 15 is 0 Å². The highest BCUT2D eigenvalue weighted by molar-refractivity contribution is 5.84. The van der Waals surface area contributed by atoms with Gasteiger partial charge in [0.25, 0.3) is 0 Å². The molecule has 2 unspecified atom stereocenters. The van der Waals surface area contributed by atoms with Crippen LogP contribution in [-0.4, -0.2) is 65.3 Å². The van der Waals surface area contributed by atoms with Gasteiger partial charge in [0, 0.05) is 38.1 Å². The summed E-state index contributed by atoms with van der Waals surface area (Å²) < 4.78 is 5.43. The molecule has 6 nitrogen and oxygen atoms in total. The second-order valence-electron chi connectivity index (χ2n) is 10.1. The highest BCUT2D eigenvalue weighted by Gasteiger charge is 2.52. The normalized spacial score (nSPS) is 30.1. The molecule has 0 aromatic carbocycles. The molecule has 1 aromatic rings. The van der Waals surface area contributed by atoms with Gasteiger partial charge in [0.2, 0.25) is 5.76 Å². The molecular formula is C23H34N2O4. The lowest BCUT2D eigenvalue weighted by molar-refractivity contribution is 0.0658. The lowest BCUT2D eigenvalue weighted by Crippen LogP contribution is -2.38. The number of aliphatic hydroxyl groups excluding tert-OH is 1. The molecule has 2 saturated heterocycles. The van der Waals surface area contributed by atoms with Gasteiger partial charge < -0.3 is 14.6 Å². The first kappa shape index (κ1) is 20.6. The highest BCUT2D eigenvalue weighted by atomic mass is 16.4. The van der Waals surface area contributed by atoms with Crippen LogP contribution in [0.4, 0.5) is 0 Å². The van der Waals surface area contributed by atoms with E-state index in [0.29, 0.717) is 18.2 Å². The van der Waals surface area contributed by atoms with E-state index in [2.05, 4.69) is 30.6 Å². The molecule has 0 saturated carbocycles. The number of hydrogen-bond acceptors (Lipinski definition) is 5. The summed E-state index contributed by atoms with van der Waals surface area (Å²) in [7, 11) is 0. The first-order valence-electron chi connectivity index (χ1n) is 10.8. The van der Waals surface area contributed by atoms with Crippen LogP contribution < -0.4 is 0 Å². The van der Waals surface area contributed by atoms with Crippen LogP contribution in [0, 0.1) is 16.7 Å². The maximum absolute atomic E-state index is 11.0. The quantitative estimate of drug-likeness (QED) is 0.712. The van der Waals surface area contributed by atoms with Gasteiger partial charge in [-0.3, -0.25) is 9.80 Å². The number of nitrogens with zero attached hydrogens (tertiary/aromatic N) is 2. The molecule has 0 spiro atoms. The molecule has 2 aliphatic heterocycles. The number of allylic oxidation sites excluding steroid dienone is 1. The first-order valence-corrected chi connectivity index (χ1v) is 10.8. The summed E-state index contributed by atoms with van der Waals surface area (Å²) in [5.74, 6) is 0.0690. The minimum Gasteiger partial charge on any atom is -0.475 e. The Morgan fingerprint density at radius 1 is 1.21 bits per heavy atom. The van der Waals surface area contributed by atoms with Crippen molar-refractivity contribution in [1.82, 2.24) is 9.80 Å². The number of furan rings is 1. The van der Waals surface area contributed by atoms with Crippen molar-refractivity contribution in [3.63, 3.8) is 0 Å². The summed E-state index contributed by atoms with van der Waals surface area (Å²) >= 11 is 0. The van der Waals surface area contributed by atoms with Gasteiger partial charge in [-0.25, -0.2) is 4.79 Å². The Labute approximate surface area is 173 Å². The second kappa shape index (κ2) is 7.56. The molecule has 2 atom stereocenters. The number of carboxylic acids is 1. The van der Waals surface area contributed by atoms with Gasteiger partial charge in [-0.1, -0.05) is 25.0 Å². The van der Waals surface area contributed by atoms with Crippen molar-refractivity contribution < 1.29 is 19.4 Å². The van der Waals surface area contributed by atoms with Crippen molar-refractivity contribution in [2.75, 3.05) is 39.3 Å². The van der Waals surface area contributed by atoms with Crippen LogP contribution in [0.2, 0.25) is 0 Å². The smallest absolute Gasteiger partial charge is 0.371 e. The Bertz CT molecular complexity index is 812. The standard InChI is InChI=1S/C23H34N2O4/c1-16-5-4-8-22(2,3)19(16)12-25-10-17-9-24(13-23(17,14-25)15-26)11-18-6-7-20(29-18)21(27)28/h6-7,17,26H,4-5,8-15H2,1-3H3,(H,27,28). The van der Waals surface area contributed by atoms with Crippen LogP contribution >= 0.6 is 0 Å². The second-order valence-corrected chi connectivity index (χ2v) is 10.1. The number of rotatable bonds is 6. The number of aliphatic hydroxyl groups is 1. The van der Waals surface area contributed by atoms with Gasteiger partial charge in [0.15, 0.2) is 0 Å². The first-order chi connectivity index (χ1) is 13.7. The monoisotopic (exact) mass is 402 g/mol. The molecule has 160 valence electrons. The van der Waals surface area contributed by atoms with E-state index in [0.717, 1.165) is 32.7 Å². The molecule has 0 radical (unpaired) electrons. The van der Waals surface area contributed by atoms with Gasteiger partial charge in [-0.05, 0) is 49.7 Å². The molecular weight excluding hydrogens is 368 g/mol. The lowest BCUT2D eigenvalue weighted by Gasteiger charge is -2.37. The number of fused-ring (bicyclic) bond motifs is 1. The zero-order valence-electron chi connectivity index (χ0n) is 17.9. The molecule has 6 heteroatoms. The van der Waals surface area contributed by atoms with Crippen molar-refractivity contribution in [2.45, 2.75) is 46.6 Å². The van der Waals surface area contributed by atoms with Crippen LogP contribution in [-0.2, 0) is 6.54 Å². The average molecular weight is 403 g/mol. The van der Waals surface area contributed by atoms with Crippen LogP contribution in [0.5, 0.6) is 0 Å². The number of carbonyl (C=O) groups is 1. The maximum Gasteiger partial charge on any atom is 0.371 e. The highest BCUT2D eigenvalue weighted by Crippen LogP contribution is 2.45. The van der Waals surface area contributed by atoms with Crippen LogP contribution in [0.3, 0.4) is 0 Å². The summed E-state index contributed by atoms with van der Waals surface area (Å²) in [5, 5.41) is 19.3. The van der Waals surface area contributed by atoms with E-state index in [9.17, 15) is 9.90 Å². The molecule has 0 amide bonds. The van der Waals surface area contributed by atoms with E-state index in [1.54, 1.807) is 17.2 Å². The fourth-order valence-electron chi connectivity index (χ4n) is 5.91. The Hall–Kier alpha value is -1.63. The summed E-state index contributed by atoms with van der Waals surface area (Å²) in [5.41, 5.74) is 3.35. The van der Waals surface area contributed by atoms with E-state index in [-0.39, 0.29) is 23.2 Å². The van der Waals surface area contributed by atoms with Crippen LogP contribution in [0.25, 0.3) is 0 Å². The Morgan fingerprint density at radius 3 is 2.45 bits per heavy atom. The number of hydrogen-bond donors (Lipinski definition) is 2. The lowest BCUT2D eigenvalue weighted by atomic mass is 9.72. The minimum absolute atomic E-state index is 0.0128. The van der Waals surface area contributed by atoms with E-state index in [1.165, 1.54) is 25.3 Å². The molecule has 0 bridgehead atoms. The number of likely N-dealkylation sites (tertiary alicyclic amines) is 2. The van der Waals surface area contributed by atoms with E-state index < -0.39 is 5.97 Å². The zero-order chi connectivity index (χ0) is 20.8. The van der Waals surface area contributed by atoms with Crippen molar-refractivity contribution in [3.8, 4) is 0 Å². The topological polar surface area (TPSA) is 77.2 Å². The number of carboxylic acid groups (broad SMARTS) is 1. The predicted octanol–water partition coefficient (Wildman–Crippen LogP) is 3.23. The maximum atomic E-state index is 11.0. The van der Waals surface area contributed by atoms with Gasteiger partial charge in [0.1, 0.15) is 5.76 Å². The Kier molecular flexibility index (Phi) is 5.38. The molecule has 3 heterocycles. The molecule has 3 aliphatic rings. The molecule has 4 rings (SSSR count). The molecule has 1 aromatic heterocycles. The van der Waals surface area contributed by atoms with Crippen LogP contribution in [0.1, 0.15) is 56.3 Å². The van der Waals surface area contributed by atoms with Crippen molar-refractivity contribution >= 4 is 5.97 Å². The number of aromatic carboxylic acids is 1. The Balaban J connectivity index is 1.41. The molecule has 2 fully saturated rings. The van der Waals surface area contributed by atoms with E-state index in [1.807, 2.05) is 0 Å². The van der Waals surface area contributed by atoms with Gasteiger partial charge in [0.05, 0.1) is 13.2 Å². The van der Waals surface area contributed by atoms with Gasteiger partial charge >= 0.3 is 5.97 Å². The fourth-order valence-corrected chi connectivity index (χ4v) is 5.91. The third kappa shape index (κ3) is 3.90. The molecule has 2 N–H and O–H groups in total. The van der Waals surface area contributed by atoms with Crippen molar-refractivity contribution in [2.24, 2.45) is 16.7 Å². The van der Waals surface area contributed by atoms with Crippen molar-refractivity contribution in [1.29, 1.82) is 0 Å². The average Bonchev–Trinajstić information content (AvgIpc) is 3.31. The van der Waals surface area contributed by atoms with Gasteiger partial charge in [-0.15, -0.1) is 0 Å². The summed E-state index contributed by atoms with van der Waals surface area (Å²) in [6.07, 6.45) is 3.77. The minimum atomic E-state index is -1.03. The SMILES string of the molecule is CC1=C(CN2CC3CN(Cc4ccc(C(=O)O)o4)CC3(CO)C2)C(C)(C)CCC1. The fraction of sp³-hybridized carbons (Fsp3) is 0.696. The zero-order valence-corrected chi connectivity index (χ0v) is 17.9. The summed E-state index contributed by atoms with van der Waals surface area (Å²) in [6.45, 7) is 12.6. The van der Waals surface area contributed by atoms with Gasteiger partial charge in [-0.2, -0.15) is 0 Å². The third-order valence-electron chi connectivity index (χ3n) is 7.53. The molecule has 1 aliphatic carbocycles. The van der Waals surface area contributed by atoms with Crippen molar-refractivity contribution in [3.05, 3.63) is 34.8 Å². The summed E-state index contributed by atoms with van der Waals surface area (Å²) in [6, 6.07) is 3.26. The predicted molar refractivity (Wildman–Crippen MR) is 111 cm³/mol. The van der Waals surface area contributed by atoms with E-state index in [4.69, 9.17) is 9.52 Å². The summed E-state index contributed by atoms with van der Waals surface area (Å²) in [4.78, 5) is 15.9. The Morgan fingerprint density at radius 2 is 1.90 bits per heavy atom. The largest absolute Gasteiger partial charge is 0.475 e. The third-order valence-corrected chi connectivity index (χ3v) is 7.53.